The Labute approximate surface area is 148 Å². The molecule has 25 heavy (non-hydrogen) atoms. The average molecular weight is 333 g/mol. The minimum atomic E-state index is 0.0123. The van der Waals surface area contributed by atoms with Gasteiger partial charge in [0.25, 0.3) is 0 Å². The Kier molecular flexibility index (Phi) is 3.97. The van der Waals surface area contributed by atoms with Gasteiger partial charge in [-0.3, -0.25) is 0 Å². The van der Waals surface area contributed by atoms with Crippen molar-refractivity contribution in [1.29, 1.82) is 0 Å². The molecule has 3 heteroatoms. The van der Waals surface area contributed by atoms with Gasteiger partial charge in [-0.1, -0.05) is 30.3 Å². The molecule has 0 aliphatic heterocycles. The third-order valence-electron chi connectivity index (χ3n) is 4.98. The van der Waals surface area contributed by atoms with Crippen LogP contribution < -0.4 is 4.74 Å². The molecule has 3 aromatic rings. The molecule has 2 aromatic carbocycles. The summed E-state index contributed by atoms with van der Waals surface area (Å²) in [6.45, 7) is 4.28. The van der Waals surface area contributed by atoms with Crippen molar-refractivity contribution >= 4 is 10.9 Å². The van der Waals surface area contributed by atoms with Gasteiger partial charge in [0.15, 0.2) is 0 Å². The molecule has 1 N–H and O–H groups in total. The third kappa shape index (κ3) is 3.12. The van der Waals surface area contributed by atoms with Gasteiger partial charge in [-0.15, -0.1) is 0 Å². The van der Waals surface area contributed by atoms with Gasteiger partial charge in [0.2, 0.25) is 0 Å². The summed E-state index contributed by atoms with van der Waals surface area (Å²) in [5.41, 5.74) is 4.23. The van der Waals surface area contributed by atoms with Crippen LogP contribution in [0.4, 0.5) is 0 Å². The highest BCUT2D eigenvalue weighted by Gasteiger charge is 2.43. The largest absolute Gasteiger partial charge is 0.491 e. The Hall–Kier alpha value is -2.39. The third-order valence-corrected chi connectivity index (χ3v) is 4.98. The summed E-state index contributed by atoms with van der Waals surface area (Å²) in [6, 6.07) is 18.7. The molecule has 0 unspecified atom stereocenters. The molecule has 1 aromatic heterocycles. The first-order valence-corrected chi connectivity index (χ1v) is 8.89. The molecule has 0 amide bonds. The number of hydrogen-bond donors (Lipinski definition) is 1. The van der Waals surface area contributed by atoms with E-state index in [1.54, 1.807) is 0 Å². The van der Waals surface area contributed by atoms with E-state index in [9.17, 15) is 5.11 Å². The lowest BCUT2D eigenvalue weighted by Crippen LogP contribution is -2.11. The van der Waals surface area contributed by atoms with Crippen LogP contribution in [0.25, 0.3) is 22.2 Å². The highest BCUT2D eigenvalue weighted by molar-refractivity contribution is 5.82. The van der Waals surface area contributed by atoms with Crippen molar-refractivity contribution in [3.05, 3.63) is 60.2 Å². The zero-order valence-electron chi connectivity index (χ0n) is 14.7. The summed E-state index contributed by atoms with van der Waals surface area (Å²) < 4.78 is 5.78. The van der Waals surface area contributed by atoms with Gasteiger partial charge >= 0.3 is 0 Å². The van der Waals surface area contributed by atoms with Crippen LogP contribution in [0, 0.1) is 0 Å². The number of rotatable bonds is 5. The van der Waals surface area contributed by atoms with Crippen LogP contribution in [0.1, 0.15) is 32.3 Å². The Morgan fingerprint density at radius 1 is 1.04 bits per heavy atom. The van der Waals surface area contributed by atoms with Gasteiger partial charge in [0.05, 0.1) is 23.9 Å². The fourth-order valence-corrected chi connectivity index (χ4v) is 3.29. The number of benzene rings is 2. The smallest absolute Gasteiger partial charge is 0.121 e. The maximum Gasteiger partial charge on any atom is 0.121 e. The molecule has 3 nitrogen and oxygen atoms in total. The minimum Gasteiger partial charge on any atom is -0.491 e. The van der Waals surface area contributed by atoms with E-state index < -0.39 is 0 Å². The Balaban J connectivity index is 1.66. The second-order valence-electron chi connectivity index (χ2n) is 7.23. The van der Waals surface area contributed by atoms with Crippen LogP contribution in [-0.4, -0.2) is 22.8 Å². The van der Waals surface area contributed by atoms with E-state index in [1.807, 2.05) is 32.0 Å². The minimum absolute atomic E-state index is 0.0123. The first-order chi connectivity index (χ1) is 12.1. The number of hydrogen-bond acceptors (Lipinski definition) is 3. The molecule has 0 atom stereocenters. The number of aliphatic hydroxyl groups is 1. The lowest BCUT2D eigenvalue weighted by atomic mass is 9.95. The molecule has 1 aliphatic rings. The molecular weight excluding hydrogens is 310 g/mol. The standard InChI is InChI=1S/C22H23NO2/c1-15(2)25-19-9-5-17-6-10-20(23-21(17)13-19)16-3-7-18(8-4-16)22(14-24)11-12-22/h3-10,13,15,24H,11-12,14H2,1-2H3. The number of nitrogens with zero attached hydrogens (tertiary/aromatic N) is 1. The van der Waals surface area contributed by atoms with Crippen molar-refractivity contribution in [2.24, 2.45) is 0 Å². The second-order valence-corrected chi connectivity index (χ2v) is 7.23. The average Bonchev–Trinajstić information content (AvgIpc) is 3.42. The van der Waals surface area contributed by atoms with Crippen molar-refractivity contribution in [2.75, 3.05) is 6.61 Å². The van der Waals surface area contributed by atoms with Crippen LogP contribution in [0.2, 0.25) is 0 Å². The predicted octanol–water partition coefficient (Wildman–Crippen LogP) is 4.71. The molecule has 1 saturated carbocycles. The highest BCUT2D eigenvalue weighted by Crippen LogP contribution is 2.47. The van der Waals surface area contributed by atoms with E-state index in [4.69, 9.17) is 9.72 Å². The molecule has 1 fully saturated rings. The van der Waals surface area contributed by atoms with Gasteiger partial charge < -0.3 is 9.84 Å². The molecule has 0 spiro atoms. The maximum atomic E-state index is 9.58. The summed E-state index contributed by atoms with van der Waals surface area (Å²) in [5.74, 6) is 0.848. The predicted molar refractivity (Wildman–Crippen MR) is 101 cm³/mol. The zero-order chi connectivity index (χ0) is 17.4. The summed E-state index contributed by atoms with van der Waals surface area (Å²) in [7, 11) is 0. The second kappa shape index (κ2) is 6.16. The van der Waals surface area contributed by atoms with Crippen molar-refractivity contribution < 1.29 is 9.84 Å². The zero-order valence-corrected chi connectivity index (χ0v) is 14.7. The van der Waals surface area contributed by atoms with E-state index in [2.05, 4.69) is 36.4 Å². The lowest BCUT2D eigenvalue weighted by molar-refractivity contribution is 0.242. The molecule has 1 heterocycles. The van der Waals surface area contributed by atoms with E-state index in [1.165, 1.54) is 5.56 Å². The first-order valence-electron chi connectivity index (χ1n) is 8.89. The Morgan fingerprint density at radius 3 is 2.40 bits per heavy atom. The van der Waals surface area contributed by atoms with Crippen molar-refractivity contribution in [3.63, 3.8) is 0 Å². The molecule has 0 radical (unpaired) electrons. The van der Waals surface area contributed by atoms with E-state index in [0.717, 1.165) is 40.8 Å². The highest BCUT2D eigenvalue weighted by atomic mass is 16.5. The van der Waals surface area contributed by atoms with Crippen LogP contribution >= 0.6 is 0 Å². The fourth-order valence-electron chi connectivity index (χ4n) is 3.29. The quantitative estimate of drug-likeness (QED) is 0.735. The van der Waals surface area contributed by atoms with E-state index in [0.29, 0.717) is 0 Å². The van der Waals surface area contributed by atoms with Gasteiger partial charge in [-0.25, -0.2) is 4.98 Å². The summed E-state index contributed by atoms with van der Waals surface area (Å²) in [5, 5.41) is 10.7. The monoisotopic (exact) mass is 333 g/mol. The van der Waals surface area contributed by atoms with Crippen LogP contribution in [0.15, 0.2) is 54.6 Å². The number of aliphatic hydroxyl groups excluding tert-OH is 1. The van der Waals surface area contributed by atoms with E-state index >= 15 is 0 Å². The topological polar surface area (TPSA) is 42.4 Å². The molecule has 4 rings (SSSR count). The summed E-state index contributed by atoms with van der Waals surface area (Å²) >= 11 is 0. The SMILES string of the molecule is CC(C)Oc1ccc2ccc(-c3ccc(C4(CO)CC4)cc3)nc2c1. The summed E-state index contributed by atoms with van der Waals surface area (Å²) in [6.07, 6.45) is 2.31. The van der Waals surface area contributed by atoms with Gasteiger partial charge in [0.1, 0.15) is 5.75 Å². The summed E-state index contributed by atoms with van der Waals surface area (Å²) in [4.78, 5) is 4.81. The number of fused-ring (bicyclic) bond motifs is 1. The number of pyridine rings is 1. The first kappa shape index (κ1) is 16.1. The van der Waals surface area contributed by atoms with E-state index in [-0.39, 0.29) is 18.1 Å². The van der Waals surface area contributed by atoms with Crippen molar-refractivity contribution in [3.8, 4) is 17.0 Å². The molecule has 0 bridgehead atoms. The Bertz CT molecular complexity index is 896. The van der Waals surface area contributed by atoms with Crippen LogP contribution in [0.3, 0.4) is 0 Å². The molecule has 128 valence electrons. The van der Waals surface area contributed by atoms with Crippen LogP contribution in [-0.2, 0) is 5.41 Å². The van der Waals surface area contributed by atoms with Gasteiger partial charge in [0, 0.05) is 22.4 Å². The fraction of sp³-hybridized carbons (Fsp3) is 0.318. The number of ether oxygens (including phenoxy) is 1. The molecular formula is C22H23NO2. The Morgan fingerprint density at radius 2 is 1.76 bits per heavy atom. The number of aromatic nitrogens is 1. The molecule has 1 aliphatic carbocycles. The molecule has 0 saturated heterocycles. The van der Waals surface area contributed by atoms with Crippen LogP contribution in [0.5, 0.6) is 5.75 Å². The van der Waals surface area contributed by atoms with Gasteiger partial charge in [-0.2, -0.15) is 0 Å². The maximum absolute atomic E-state index is 9.58. The van der Waals surface area contributed by atoms with Crippen molar-refractivity contribution in [1.82, 2.24) is 4.98 Å². The normalized spacial score (nSPS) is 15.5. The van der Waals surface area contributed by atoms with Gasteiger partial charge in [-0.05, 0) is 50.5 Å². The lowest BCUT2D eigenvalue weighted by Gasteiger charge is -2.13. The van der Waals surface area contributed by atoms with Crippen molar-refractivity contribution in [2.45, 2.75) is 38.2 Å².